The molecule has 0 bridgehead atoms. The molecule has 196 valence electrons. The lowest BCUT2D eigenvalue weighted by molar-refractivity contribution is 0.816. The normalized spacial score (nSPS) is 11.4. The number of hydrogen-bond donors (Lipinski definition) is 0. The van der Waals surface area contributed by atoms with Gasteiger partial charge in [-0.3, -0.25) is 0 Å². The molecule has 0 N–H and O–H groups in total. The number of azo groups is 2. The fourth-order valence-electron chi connectivity index (χ4n) is 3.51. The molecule has 5 aromatic heterocycles. The van der Waals surface area contributed by atoms with Crippen molar-refractivity contribution in [1.29, 1.82) is 5.26 Å². The molecule has 0 aliphatic carbocycles. The van der Waals surface area contributed by atoms with E-state index < -0.39 is 0 Å². The van der Waals surface area contributed by atoms with Gasteiger partial charge >= 0.3 is 0 Å². The Kier molecular flexibility index (Phi) is 6.87. The van der Waals surface area contributed by atoms with E-state index in [0.717, 1.165) is 11.3 Å². The highest BCUT2D eigenvalue weighted by molar-refractivity contribution is 7.16. The minimum Gasteiger partial charge on any atom is -0.239 e. The maximum atomic E-state index is 9.60. The lowest BCUT2D eigenvalue weighted by Gasteiger charge is -2.02. The van der Waals surface area contributed by atoms with Gasteiger partial charge in [0.05, 0.1) is 36.0 Å². The van der Waals surface area contributed by atoms with E-state index in [1.54, 1.807) is 27.0 Å². The highest BCUT2D eigenvalue weighted by Gasteiger charge is 2.17. The van der Waals surface area contributed by atoms with E-state index in [-0.39, 0.29) is 22.9 Å². The first-order chi connectivity index (χ1) is 19.2. The van der Waals surface area contributed by atoms with Crippen LogP contribution in [0.5, 0.6) is 0 Å². The van der Waals surface area contributed by atoms with Gasteiger partial charge in [0, 0.05) is 6.20 Å². The van der Waals surface area contributed by atoms with Gasteiger partial charge in [-0.05, 0) is 34.6 Å². The Hall–Kier alpha value is -5.68. The number of nitrogens with zero attached hydrogens (tertiary/aromatic N) is 16. The SMILES string of the molecule is [C-]#[N+]c1cn(-c2nnc(-n3cc(C#N)c(N=Nc4c(C)nc(C)nc4C)n3)s2)nc1N=Nc1cnc(C)nc1C. The second-order valence-corrected chi connectivity index (χ2v) is 9.20. The molecule has 0 unspecified atom stereocenters. The maximum absolute atomic E-state index is 9.60. The smallest absolute Gasteiger partial charge is 0.239 e. The van der Waals surface area contributed by atoms with Crippen LogP contribution in [0, 0.1) is 52.5 Å². The Morgan fingerprint density at radius 3 is 2.10 bits per heavy atom. The van der Waals surface area contributed by atoms with Gasteiger partial charge in [-0.15, -0.1) is 35.8 Å². The van der Waals surface area contributed by atoms with Crippen molar-refractivity contribution >= 4 is 40.0 Å². The van der Waals surface area contributed by atoms with Crippen molar-refractivity contribution in [3.63, 3.8) is 0 Å². The lowest BCUT2D eigenvalue weighted by atomic mass is 10.3. The number of nitriles is 1. The number of hydrogen-bond acceptors (Lipinski definition) is 14. The van der Waals surface area contributed by atoms with Crippen molar-refractivity contribution in [2.24, 2.45) is 20.5 Å². The molecule has 0 atom stereocenters. The molecule has 5 rings (SSSR count). The van der Waals surface area contributed by atoms with Crippen LogP contribution in [0.3, 0.4) is 0 Å². The summed E-state index contributed by atoms with van der Waals surface area (Å²) >= 11 is 1.13. The van der Waals surface area contributed by atoms with Crippen LogP contribution in [0.1, 0.15) is 34.3 Å². The van der Waals surface area contributed by atoms with Crippen molar-refractivity contribution < 1.29 is 0 Å². The summed E-state index contributed by atoms with van der Waals surface area (Å²) in [6.07, 6.45) is 4.50. The summed E-state index contributed by atoms with van der Waals surface area (Å²) in [5, 5.41) is 43.9. The zero-order valence-corrected chi connectivity index (χ0v) is 22.6. The summed E-state index contributed by atoms with van der Waals surface area (Å²) in [5.74, 6) is 1.46. The second-order valence-electron chi connectivity index (χ2n) is 8.26. The molecule has 0 fully saturated rings. The van der Waals surface area contributed by atoms with Crippen LogP contribution in [-0.2, 0) is 0 Å². The summed E-state index contributed by atoms with van der Waals surface area (Å²) in [6.45, 7) is 16.5. The topological polar surface area (TPSA) is 191 Å². The summed E-state index contributed by atoms with van der Waals surface area (Å²) in [6, 6.07) is 2.06. The Balaban J connectivity index is 1.41. The van der Waals surface area contributed by atoms with E-state index in [2.05, 4.69) is 71.7 Å². The fraction of sp³-hybridized carbons (Fsp3) is 0.217. The van der Waals surface area contributed by atoms with Gasteiger partial charge < -0.3 is 0 Å². The molecule has 5 heterocycles. The summed E-state index contributed by atoms with van der Waals surface area (Å²) in [7, 11) is 0. The molecule has 17 heteroatoms. The molecule has 0 aliphatic rings. The van der Waals surface area contributed by atoms with E-state index in [4.69, 9.17) is 6.57 Å². The lowest BCUT2D eigenvalue weighted by Crippen LogP contribution is -1.94. The monoisotopic (exact) mass is 550 g/mol. The van der Waals surface area contributed by atoms with Crippen molar-refractivity contribution in [3.8, 4) is 16.3 Å². The number of aryl methyl sites for hydroxylation is 5. The van der Waals surface area contributed by atoms with Crippen LogP contribution in [0.4, 0.5) is 28.7 Å². The highest BCUT2D eigenvalue weighted by Crippen LogP contribution is 2.31. The Bertz CT molecular complexity index is 1870. The number of aromatic nitrogens is 10. The highest BCUT2D eigenvalue weighted by atomic mass is 32.1. The van der Waals surface area contributed by atoms with Gasteiger partial charge in [0.2, 0.25) is 21.9 Å². The zero-order chi connectivity index (χ0) is 28.4. The molecule has 0 spiro atoms. The Morgan fingerprint density at radius 1 is 0.825 bits per heavy atom. The van der Waals surface area contributed by atoms with Gasteiger partial charge in [-0.25, -0.2) is 34.1 Å². The van der Waals surface area contributed by atoms with Crippen LogP contribution in [0.2, 0.25) is 0 Å². The zero-order valence-electron chi connectivity index (χ0n) is 21.8. The molecule has 0 saturated carbocycles. The minimum absolute atomic E-state index is 0.103. The molecule has 5 aromatic rings. The summed E-state index contributed by atoms with van der Waals surface area (Å²) in [5.41, 5.74) is 3.33. The largest absolute Gasteiger partial charge is 0.252 e. The number of rotatable bonds is 6. The van der Waals surface area contributed by atoms with Crippen LogP contribution in [0.25, 0.3) is 15.1 Å². The molecular weight excluding hydrogens is 532 g/mol. The third-order valence-electron chi connectivity index (χ3n) is 5.32. The van der Waals surface area contributed by atoms with Gasteiger partial charge in [0.15, 0.2) is 0 Å². The molecule has 0 aromatic carbocycles. The average Bonchev–Trinajstić information content (AvgIpc) is 3.65. The van der Waals surface area contributed by atoms with E-state index >= 15 is 0 Å². The van der Waals surface area contributed by atoms with Crippen LogP contribution >= 0.6 is 11.3 Å². The molecule has 40 heavy (non-hydrogen) atoms. The average molecular weight is 551 g/mol. The molecule has 16 nitrogen and oxygen atoms in total. The van der Waals surface area contributed by atoms with Gasteiger partial charge in [0.25, 0.3) is 5.69 Å². The van der Waals surface area contributed by atoms with Crippen LogP contribution in [-0.4, -0.2) is 49.7 Å². The third-order valence-corrected chi connectivity index (χ3v) is 6.23. The first-order valence-electron chi connectivity index (χ1n) is 11.5. The molecule has 0 saturated heterocycles. The third kappa shape index (κ3) is 5.17. The second kappa shape index (κ2) is 10.6. The van der Waals surface area contributed by atoms with E-state index in [1.165, 1.54) is 21.8 Å². The minimum atomic E-state index is 0.103. The first-order valence-corrected chi connectivity index (χ1v) is 12.3. The predicted molar refractivity (Wildman–Crippen MR) is 141 cm³/mol. The quantitative estimate of drug-likeness (QED) is 0.200. The van der Waals surface area contributed by atoms with Crippen molar-refractivity contribution in [3.05, 3.63) is 64.3 Å². The summed E-state index contributed by atoms with van der Waals surface area (Å²) < 4.78 is 2.75. The molecule has 0 radical (unpaired) electrons. The fourth-order valence-corrected chi connectivity index (χ4v) is 4.21. The van der Waals surface area contributed by atoms with Crippen molar-refractivity contribution in [2.75, 3.05) is 0 Å². The summed E-state index contributed by atoms with van der Waals surface area (Å²) in [4.78, 5) is 20.4. The van der Waals surface area contributed by atoms with Crippen molar-refractivity contribution in [1.82, 2.24) is 49.7 Å². The van der Waals surface area contributed by atoms with Gasteiger partial charge in [-0.1, -0.05) is 11.3 Å². The van der Waals surface area contributed by atoms with Gasteiger partial charge in [0.1, 0.15) is 34.7 Å². The Labute approximate surface area is 230 Å². The van der Waals surface area contributed by atoms with E-state index in [0.29, 0.717) is 50.4 Å². The molecule has 0 aliphatic heterocycles. The van der Waals surface area contributed by atoms with E-state index in [9.17, 15) is 5.26 Å². The standard InChI is InChI=1S/C23H18N16S/c1-11-17(8-26-14(4)27-11)30-33-21-18(25-6)10-39(37-21)23-35-34-22(40-23)38-9-16(7-24)20(36-38)32-31-19-12(2)28-15(5)29-13(19)3/h8-10H,1-5H3. The Morgan fingerprint density at radius 2 is 1.45 bits per heavy atom. The predicted octanol–water partition coefficient (Wildman–Crippen LogP) is 5.28. The van der Waals surface area contributed by atoms with E-state index in [1.807, 2.05) is 13.8 Å². The molecular formula is C23H18N16S. The van der Waals surface area contributed by atoms with Crippen LogP contribution < -0.4 is 0 Å². The maximum Gasteiger partial charge on any atom is 0.252 e. The first kappa shape index (κ1) is 25.9. The van der Waals surface area contributed by atoms with Gasteiger partial charge in [-0.2, -0.15) is 10.4 Å². The van der Waals surface area contributed by atoms with Crippen LogP contribution in [0.15, 0.2) is 39.0 Å². The molecule has 0 amide bonds. The van der Waals surface area contributed by atoms with Crippen molar-refractivity contribution in [2.45, 2.75) is 34.6 Å².